The molecule has 0 fully saturated rings. The van der Waals surface area contributed by atoms with Crippen molar-refractivity contribution < 1.29 is 0 Å². The van der Waals surface area contributed by atoms with Gasteiger partial charge in [0.15, 0.2) is 0 Å². The van der Waals surface area contributed by atoms with E-state index >= 15 is 0 Å². The van der Waals surface area contributed by atoms with Crippen molar-refractivity contribution in [1.82, 2.24) is 4.98 Å². The molecule has 0 unspecified atom stereocenters. The van der Waals surface area contributed by atoms with E-state index in [1.54, 1.807) is 6.20 Å². The van der Waals surface area contributed by atoms with Gasteiger partial charge in [0.05, 0.1) is 6.54 Å². The molecule has 0 saturated carbocycles. The largest absolute Gasteiger partial charge is 0.384 e. The van der Waals surface area contributed by atoms with E-state index in [0.717, 1.165) is 12.2 Å². The predicted molar refractivity (Wildman–Crippen MR) is 55.4 cm³/mol. The van der Waals surface area contributed by atoms with Crippen molar-refractivity contribution in [2.75, 3.05) is 23.7 Å². The minimum absolute atomic E-state index is 0.521. The highest BCUT2D eigenvalue weighted by molar-refractivity contribution is 5.52. The summed E-state index contributed by atoms with van der Waals surface area (Å²) in [6, 6.07) is 3.72. The first-order valence-electron chi connectivity index (χ1n) is 4.18. The summed E-state index contributed by atoms with van der Waals surface area (Å²) in [5.41, 5.74) is 6.58. The van der Waals surface area contributed by atoms with Gasteiger partial charge in [0, 0.05) is 24.5 Å². The molecule has 0 bridgehead atoms. The number of hydrogen-bond donors (Lipinski definition) is 1. The van der Waals surface area contributed by atoms with Gasteiger partial charge in [0.25, 0.3) is 0 Å². The number of anilines is 2. The molecule has 0 saturated heterocycles. The highest BCUT2D eigenvalue weighted by Gasteiger charge is 2.01. The Balaban J connectivity index is 2.86. The van der Waals surface area contributed by atoms with Crippen molar-refractivity contribution in [2.45, 2.75) is 6.92 Å². The molecule has 2 N–H and O–H groups in total. The lowest BCUT2D eigenvalue weighted by Gasteiger charge is -2.19. The summed E-state index contributed by atoms with van der Waals surface area (Å²) in [6.07, 6.45) is 6.93. The summed E-state index contributed by atoms with van der Waals surface area (Å²) in [5, 5.41) is 0. The van der Waals surface area contributed by atoms with Crippen LogP contribution in [0.2, 0.25) is 0 Å². The third kappa shape index (κ3) is 2.38. The Bertz CT molecular complexity index is 314. The molecule has 3 heteroatoms. The molecule has 0 aliphatic carbocycles. The number of nitrogens with zero attached hydrogens (tertiary/aromatic N) is 2. The second-order valence-corrected chi connectivity index (χ2v) is 2.66. The summed E-state index contributed by atoms with van der Waals surface area (Å²) in [6.45, 7) is 3.52. The Kier molecular flexibility index (Phi) is 3.15. The molecule has 1 aromatic heterocycles. The standard InChI is InChI=1S/C10H13N3/c1-3-7-13(4-2)9-5-6-12-10(11)8-9/h1,5-6,8H,4,7H2,2H3,(H2,11,12). The van der Waals surface area contributed by atoms with E-state index in [4.69, 9.17) is 12.2 Å². The van der Waals surface area contributed by atoms with Crippen LogP contribution in [0, 0.1) is 12.3 Å². The fraction of sp³-hybridized carbons (Fsp3) is 0.300. The minimum Gasteiger partial charge on any atom is -0.384 e. The molecule has 0 aliphatic heterocycles. The number of terminal acetylenes is 1. The Morgan fingerprint density at radius 2 is 2.46 bits per heavy atom. The number of pyridine rings is 1. The van der Waals surface area contributed by atoms with Gasteiger partial charge in [-0.2, -0.15) is 0 Å². The van der Waals surface area contributed by atoms with E-state index in [9.17, 15) is 0 Å². The molecule has 0 amide bonds. The lowest BCUT2D eigenvalue weighted by Crippen LogP contribution is -2.22. The first-order chi connectivity index (χ1) is 6.27. The minimum atomic E-state index is 0.521. The second kappa shape index (κ2) is 4.36. The summed E-state index contributed by atoms with van der Waals surface area (Å²) in [4.78, 5) is 5.97. The van der Waals surface area contributed by atoms with Gasteiger partial charge in [0.1, 0.15) is 5.82 Å². The number of aromatic nitrogens is 1. The van der Waals surface area contributed by atoms with E-state index in [1.807, 2.05) is 19.1 Å². The van der Waals surface area contributed by atoms with E-state index in [1.165, 1.54) is 0 Å². The Labute approximate surface area is 78.6 Å². The van der Waals surface area contributed by atoms with Crippen LogP contribution >= 0.6 is 0 Å². The van der Waals surface area contributed by atoms with Gasteiger partial charge < -0.3 is 10.6 Å². The van der Waals surface area contributed by atoms with Crippen molar-refractivity contribution in [3.05, 3.63) is 18.3 Å². The van der Waals surface area contributed by atoms with Gasteiger partial charge in [0.2, 0.25) is 0 Å². The lowest BCUT2D eigenvalue weighted by molar-refractivity contribution is 0.917. The summed E-state index contributed by atoms with van der Waals surface area (Å²) >= 11 is 0. The van der Waals surface area contributed by atoms with Crippen LogP contribution in [0.1, 0.15) is 6.92 Å². The highest BCUT2D eigenvalue weighted by Crippen LogP contribution is 2.14. The smallest absolute Gasteiger partial charge is 0.125 e. The molecule has 0 aromatic carbocycles. The average Bonchev–Trinajstić information content (AvgIpc) is 2.14. The molecule has 1 rings (SSSR count). The Morgan fingerprint density at radius 3 is 3.00 bits per heavy atom. The van der Waals surface area contributed by atoms with Crippen LogP contribution in [-0.4, -0.2) is 18.1 Å². The molecule has 0 spiro atoms. The topological polar surface area (TPSA) is 42.2 Å². The summed E-state index contributed by atoms with van der Waals surface area (Å²) < 4.78 is 0. The zero-order valence-corrected chi connectivity index (χ0v) is 7.70. The van der Waals surface area contributed by atoms with Crippen molar-refractivity contribution in [2.24, 2.45) is 0 Å². The van der Waals surface area contributed by atoms with Crippen LogP contribution in [0.3, 0.4) is 0 Å². The Hall–Kier alpha value is -1.69. The maximum absolute atomic E-state index is 5.56. The Morgan fingerprint density at radius 1 is 1.69 bits per heavy atom. The third-order valence-electron chi connectivity index (χ3n) is 1.79. The van der Waals surface area contributed by atoms with Crippen LogP contribution in [0.15, 0.2) is 18.3 Å². The van der Waals surface area contributed by atoms with Crippen LogP contribution in [0.5, 0.6) is 0 Å². The maximum atomic E-state index is 5.56. The van der Waals surface area contributed by atoms with Crippen LogP contribution in [-0.2, 0) is 0 Å². The monoisotopic (exact) mass is 175 g/mol. The number of nitrogen functional groups attached to an aromatic ring is 1. The van der Waals surface area contributed by atoms with Crippen LogP contribution in [0.4, 0.5) is 11.5 Å². The highest BCUT2D eigenvalue weighted by atomic mass is 15.1. The van der Waals surface area contributed by atoms with Gasteiger partial charge in [-0.25, -0.2) is 4.98 Å². The zero-order valence-electron chi connectivity index (χ0n) is 7.70. The molecule has 13 heavy (non-hydrogen) atoms. The van der Waals surface area contributed by atoms with Gasteiger partial charge in [-0.05, 0) is 13.0 Å². The second-order valence-electron chi connectivity index (χ2n) is 2.66. The third-order valence-corrected chi connectivity index (χ3v) is 1.79. The van der Waals surface area contributed by atoms with E-state index < -0.39 is 0 Å². The molecule has 0 atom stereocenters. The first-order valence-corrected chi connectivity index (χ1v) is 4.18. The predicted octanol–water partition coefficient (Wildman–Crippen LogP) is 1.12. The van der Waals surface area contributed by atoms with E-state index in [-0.39, 0.29) is 0 Å². The van der Waals surface area contributed by atoms with Crippen LogP contribution < -0.4 is 10.6 Å². The number of rotatable bonds is 3. The molecular weight excluding hydrogens is 162 g/mol. The van der Waals surface area contributed by atoms with E-state index in [2.05, 4.69) is 15.8 Å². The molecule has 0 radical (unpaired) electrons. The van der Waals surface area contributed by atoms with Crippen molar-refractivity contribution in [1.29, 1.82) is 0 Å². The molecule has 1 aromatic rings. The molecule has 0 aliphatic rings. The molecule has 1 heterocycles. The number of nitrogens with two attached hydrogens (primary N) is 1. The van der Waals surface area contributed by atoms with Gasteiger partial charge in [-0.15, -0.1) is 6.42 Å². The van der Waals surface area contributed by atoms with E-state index in [0.29, 0.717) is 12.4 Å². The molecule has 3 nitrogen and oxygen atoms in total. The normalized spacial score (nSPS) is 9.23. The van der Waals surface area contributed by atoms with Crippen molar-refractivity contribution in [3.63, 3.8) is 0 Å². The summed E-state index contributed by atoms with van der Waals surface area (Å²) in [5.74, 6) is 3.12. The quantitative estimate of drug-likeness (QED) is 0.700. The van der Waals surface area contributed by atoms with Crippen molar-refractivity contribution in [3.8, 4) is 12.3 Å². The average molecular weight is 175 g/mol. The van der Waals surface area contributed by atoms with Crippen LogP contribution in [0.25, 0.3) is 0 Å². The van der Waals surface area contributed by atoms with Gasteiger partial charge >= 0.3 is 0 Å². The lowest BCUT2D eigenvalue weighted by atomic mass is 10.3. The molecule has 68 valence electrons. The first kappa shape index (κ1) is 9.40. The van der Waals surface area contributed by atoms with Gasteiger partial charge in [-0.3, -0.25) is 0 Å². The van der Waals surface area contributed by atoms with Gasteiger partial charge in [-0.1, -0.05) is 5.92 Å². The fourth-order valence-corrected chi connectivity index (χ4v) is 1.13. The van der Waals surface area contributed by atoms with Crippen molar-refractivity contribution >= 4 is 11.5 Å². The fourth-order valence-electron chi connectivity index (χ4n) is 1.13. The maximum Gasteiger partial charge on any atom is 0.125 e. The zero-order chi connectivity index (χ0) is 9.68. The molecular formula is C10H13N3. The number of hydrogen-bond acceptors (Lipinski definition) is 3. The SMILES string of the molecule is C#CCN(CC)c1ccnc(N)c1. The summed E-state index contributed by atoms with van der Waals surface area (Å²) in [7, 11) is 0.